The molecule has 3 fully saturated rings. The van der Waals surface area contributed by atoms with Gasteiger partial charge in [-0.15, -0.1) is 11.3 Å². The van der Waals surface area contributed by atoms with Crippen molar-refractivity contribution in [3.63, 3.8) is 0 Å². The zero-order valence-electron chi connectivity index (χ0n) is 13.6. The molecule has 0 aromatic carbocycles. The Kier molecular flexibility index (Phi) is 4.28. The van der Waals surface area contributed by atoms with Crippen LogP contribution in [0.25, 0.3) is 0 Å². The van der Waals surface area contributed by atoms with Gasteiger partial charge in [-0.2, -0.15) is 13.2 Å². The van der Waals surface area contributed by atoms with Crippen molar-refractivity contribution in [1.82, 2.24) is 15.2 Å². The molecule has 1 aromatic rings. The van der Waals surface area contributed by atoms with Crippen molar-refractivity contribution in [3.05, 3.63) is 16.6 Å². The molecular weight excluding hydrogens is 355 g/mol. The molecule has 4 heterocycles. The van der Waals surface area contributed by atoms with Crippen molar-refractivity contribution < 1.29 is 22.7 Å². The first-order valence-corrected chi connectivity index (χ1v) is 9.44. The van der Waals surface area contributed by atoms with Gasteiger partial charge in [0.15, 0.2) is 0 Å². The molecule has 0 unspecified atom stereocenters. The highest BCUT2D eigenvalue weighted by atomic mass is 32.1. The summed E-state index contributed by atoms with van der Waals surface area (Å²) in [5, 5.41) is 4.62. The first-order chi connectivity index (χ1) is 11.9. The van der Waals surface area contributed by atoms with Crippen LogP contribution in [0, 0.1) is 11.8 Å². The van der Waals surface area contributed by atoms with Crippen LogP contribution < -0.4 is 5.32 Å². The van der Waals surface area contributed by atoms with Crippen molar-refractivity contribution in [1.29, 1.82) is 0 Å². The minimum atomic E-state index is -4.13. The van der Waals surface area contributed by atoms with Crippen LogP contribution in [0.4, 0.5) is 13.2 Å². The van der Waals surface area contributed by atoms with Crippen LogP contribution in [0.15, 0.2) is 10.9 Å². The summed E-state index contributed by atoms with van der Waals surface area (Å²) < 4.78 is 43.7. The summed E-state index contributed by atoms with van der Waals surface area (Å²) in [6.45, 7) is 1.69. The topological polar surface area (TPSA) is 54.5 Å². The fraction of sp³-hybridized carbons (Fsp3) is 0.750. The van der Waals surface area contributed by atoms with E-state index < -0.39 is 12.6 Å². The van der Waals surface area contributed by atoms with E-state index in [9.17, 15) is 18.0 Å². The third kappa shape index (κ3) is 3.29. The molecule has 1 aromatic heterocycles. The molecule has 25 heavy (non-hydrogen) atoms. The Balaban J connectivity index is 1.37. The lowest BCUT2D eigenvalue weighted by molar-refractivity contribution is -0.138. The largest absolute Gasteiger partial charge is 0.390 e. The predicted molar refractivity (Wildman–Crippen MR) is 85.4 cm³/mol. The number of alkyl halides is 3. The Labute approximate surface area is 147 Å². The summed E-state index contributed by atoms with van der Waals surface area (Å²) in [4.78, 5) is 18.0. The molecule has 0 aliphatic carbocycles. The quantitative estimate of drug-likeness (QED) is 0.858. The van der Waals surface area contributed by atoms with E-state index in [1.807, 2.05) is 4.90 Å². The van der Waals surface area contributed by atoms with Crippen molar-refractivity contribution in [2.45, 2.75) is 37.1 Å². The first kappa shape index (κ1) is 17.2. The van der Waals surface area contributed by atoms with Crippen LogP contribution in [0.3, 0.4) is 0 Å². The Morgan fingerprint density at radius 1 is 1.52 bits per heavy atom. The number of nitrogens with one attached hydrogen (secondary N) is 1. The van der Waals surface area contributed by atoms with E-state index in [-0.39, 0.29) is 36.0 Å². The number of carbonyl (C=O) groups is 1. The number of likely N-dealkylation sites (tertiary alicyclic amines) is 1. The van der Waals surface area contributed by atoms with Gasteiger partial charge in [0.25, 0.3) is 5.91 Å². The van der Waals surface area contributed by atoms with E-state index in [4.69, 9.17) is 4.74 Å². The lowest BCUT2D eigenvalue weighted by Gasteiger charge is -2.29. The molecule has 4 rings (SSSR count). The number of nitrogens with zero attached hydrogens (tertiary/aromatic N) is 2. The number of hydrogen-bond acceptors (Lipinski definition) is 5. The van der Waals surface area contributed by atoms with Crippen LogP contribution in [0.5, 0.6) is 0 Å². The van der Waals surface area contributed by atoms with Crippen molar-refractivity contribution in [3.8, 4) is 0 Å². The van der Waals surface area contributed by atoms with Gasteiger partial charge in [-0.05, 0) is 12.8 Å². The molecule has 0 radical (unpaired) electrons. The van der Waals surface area contributed by atoms with E-state index in [1.54, 1.807) is 10.9 Å². The summed E-state index contributed by atoms with van der Waals surface area (Å²) in [5.41, 5.74) is 1.70. The van der Waals surface area contributed by atoms with Gasteiger partial charge in [0, 0.05) is 43.4 Å². The Morgan fingerprint density at radius 3 is 3.08 bits per heavy atom. The van der Waals surface area contributed by atoms with Gasteiger partial charge in [0.1, 0.15) is 5.69 Å². The van der Waals surface area contributed by atoms with Crippen LogP contribution in [0.2, 0.25) is 0 Å². The lowest BCUT2D eigenvalue weighted by Crippen LogP contribution is -2.42. The van der Waals surface area contributed by atoms with Gasteiger partial charge in [-0.3, -0.25) is 9.69 Å². The van der Waals surface area contributed by atoms with E-state index >= 15 is 0 Å². The molecule has 1 amide bonds. The number of rotatable bonds is 5. The maximum absolute atomic E-state index is 12.5. The summed E-state index contributed by atoms with van der Waals surface area (Å²) in [5.74, 6) is 0.146. The molecule has 9 heteroatoms. The number of aromatic nitrogens is 1. The number of hydrogen-bond donors (Lipinski definition) is 1. The lowest BCUT2D eigenvalue weighted by atomic mass is 9.73. The molecule has 3 aliphatic rings. The molecular formula is C16H20F3N3O2S. The van der Waals surface area contributed by atoms with E-state index in [0.29, 0.717) is 25.3 Å². The standard InChI is InChI=1S/C16H20F3N3O2S/c17-16(18,19)3-4-22-6-11-10(13-1-2-15(11,8-22)24-13)5-20-14(23)12-7-25-9-21-12/h7,9-11,13H,1-6,8H2,(H,20,23)/t10-,11+,13+,15+/m0/s1. The fourth-order valence-corrected chi connectivity index (χ4v) is 5.17. The summed E-state index contributed by atoms with van der Waals surface area (Å²) >= 11 is 1.37. The maximum Gasteiger partial charge on any atom is 0.390 e. The highest BCUT2D eigenvalue weighted by Crippen LogP contribution is 2.54. The van der Waals surface area contributed by atoms with Gasteiger partial charge in [-0.25, -0.2) is 4.98 Å². The third-order valence-electron chi connectivity index (χ3n) is 5.73. The van der Waals surface area contributed by atoms with Gasteiger partial charge < -0.3 is 10.1 Å². The van der Waals surface area contributed by atoms with Gasteiger partial charge in [0.05, 0.1) is 23.6 Å². The number of fused-ring (bicyclic) bond motifs is 1. The number of thiazole rings is 1. The highest BCUT2D eigenvalue weighted by Gasteiger charge is 2.62. The van der Waals surface area contributed by atoms with E-state index in [1.165, 1.54) is 11.3 Å². The van der Waals surface area contributed by atoms with Gasteiger partial charge >= 0.3 is 6.18 Å². The number of carbonyl (C=O) groups excluding carboxylic acids is 1. The minimum absolute atomic E-state index is 0.0215. The molecule has 5 nitrogen and oxygen atoms in total. The van der Waals surface area contributed by atoms with E-state index in [2.05, 4.69) is 10.3 Å². The molecule has 0 saturated carbocycles. The fourth-order valence-electron chi connectivity index (χ4n) is 4.64. The normalized spacial score (nSPS) is 34.4. The summed E-state index contributed by atoms with van der Waals surface area (Å²) in [6, 6.07) is 0. The van der Waals surface area contributed by atoms with Crippen molar-refractivity contribution in [2.24, 2.45) is 11.8 Å². The molecule has 1 spiro atoms. The number of halogens is 3. The Bertz CT molecular complexity index is 639. The van der Waals surface area contributed by atoms with Crippen molar-refractivity contribution in [2.75, 3.05) is 26.2 Å². The monoisotopic (exact) mass is 375 g/mol. The summed E-state index contributed by atoms with van der Waals surface area (Å²) in [6.07, 6.45) is -2.99. The predicted octanol–water partition coefficient (Wildman–Crippen LogP) is 2.30. The third-order valence-corrected chi connectivity index (χ3v) is 6.32. The summed E-state index contributed by atoms with van der Waals surface area (Å²) in [7, 11) is 0. The van der Waals surface area contributed by atoms with Crippen molar-refractivity contribution >= 4 is 17.2 Å². The van der Waals surface area contributed by atoms with Crippen LogP contribution >= 0.6 is 11.3 Å². The van der Waals surface area contributed by atoms with Crippen LogP contribution in [-0.2, 0) is 4.74 Å². The molecule has 2 bridgehead atoms. The zero-order valence-corrected chi connectivity index (χ0v) is 14.4. The van der Waals surface area contributed by atoms with Crippen LogP contribution in [0.1, 0.15) is 29.8 Å². The highest BCUT2D eigenvalue weighted by molar-refractivity contribution is 7.07. The van der Waals surface area contributed by atoms with E-state index in [0.717, 1.165) is 12.8 Å². The number of amides is 1. The molecule has 1 N–H and O–H groups in total. The van der Waals surface area contributed by atoms with Gasteiger partial charge in [0.2, 0.25) is 0 Å². The average molecular weight is 375 g/mol. The molecule has 3 saturated heterocycles. The molecule has 138 valence electrons. The second kappa shape index (κ2) is 6.21. The van der Waals surface area contributed by atoms with Gasteiger partial charge in [-0.1, -0.05) is 0 Å². The maximum atomic E-state index is 12.5. The second-order valence-electron chi connectivity index (χ2n) is 7.21. The zero-order chi connectivity index (χ0) is 17.7. The minimum Gasteiger partial charge on any atom is -0.370 e. The molecule has 3 aliphatic heterocycles. The average Bonchev–Trinajstić information content (AvgIpc) is 3.29. The number of ether oxygens (including phenoxy) is 1. The molecule has 4 atom stereocenters. The van der Waals surface area contributed by atoms with Crippen LogP contribution in [-0.4, -0.2) is 59.9 Å². The smallest absolute Gasteiger partial charge is 0.370 e. The second-order valence-corrected chi connectivity index (χ2v) is 7.93. The Hall–Kier alpha value is -1.19. The first-order valence-electron chi connectivity index (χ1n) is 8.50. The Morgan fingerprint density at radius 2 is 2.36 bits per heavy atom. The SMILES string of the molecule is O=C(NC[C@H]1[C@H]2CN(CCC(F)(F)F)C[C@]23CC[C@H]1O3)c1cscn1.